The van der Waals surface area contributed by atoms with Crippen LogP contribution in [0.4, 0.5) is 9.93 Å². The molecule has 2 aromatic rings. The Morgan fingerprint density at radius 1 is 1.14 bits per heavy atom. The van der Waals surface area contributed by atoms with E-state index in [0.717, 1.165) is 36.3 Å². The average molecular weight is 405 g/mol. The van der Waals surface area contributed by atoms with Gasteiger partial charge in [0.05, 0.1) is 0 Å². The van der Waals surface area contributed by atoms with Crippen molar-refractivity contribution in [2.75, 3.05) is 5.32 Å². The number of alkyl carbamates (subject to hydrolysis) is 1. The second-order valence-corrected chi connectivity index (χ2v) is 7.94. The highest BCUT2D eigenvalue weighted by atomic mass is 32.1. The number of benzene rings is 1. The van der Waals surface area contributed by atoms with Crippen LogP contribution in [0.5, 0.6) is 0 Å². The van der Waals surface area contributed by atoms with E-state index in [0.29, 0.717) is 5.13 Å². The number of ether oxygens (including phenoxy) is 1. The Hall–Kier alpha value is -2.48. The minimum Gasteiger partial charge on any atom is -0.445 e. The molecule has 28 heavy (non-hydrogen) atoms. The molecule has 7 nitrogen and oxygen atoms in total. The van der Waals surface area contributed by atoms with E-state index in [1.54, 1.807) is 0 Å². The molecule has 1 heterocycles. The number of carbonyl (C=O) groups is 2. The van der Waals surface area contributed by atoms with Crippen molar-refractivity contribution >= 4 is 28.5 Å². The lowest BCUT2D eigenvalue weighted by Crippen LogP contribution is -2.47. The summed E-state index contributed by atoms with van der Waals surface area (Å²) in [6.07, 6.45) is 3.58. The van der Waals surface area contributed by atoms with Crippen LogP contribution in [0.3, 0.4) is 0 Å². The number of amides is 2. The summed E-state index contributed by atoms with van der Waals surface area (Å²) in [5.74, 6) is -0.441. The summed E-state index contributed by atoms with van der Waals surface area (Å²) in [6, 6.07) is 8.65. The summed E-state index contributed by atoms with van der Waals surface area (Å²) >= 11 is 1.37. The largest absolute Gasteiger partial charge is 0.445 e. The third kappa shape index (κ3) is 7.26. The Morgan fingerprint density at radius 2 is 1.89 bits per heavy atom. The first-order valence-corrected chi connectivity index (χ1v) is 10.4. The molecule has 0 aliphatic carbocycles. The second kappa shape index (κ2) is 11.4. The van der Waals surface area contributed by atoms with Crippen LogP contribution < -0.4 is 10.6 Å². The summed E-state index contributed by atoms with van der Waals surface area (Å²) in [4.78, 5) is 24.7. The minimum absolute atomic E-state index is 0.110. The molecule has 0 saturated carbocycles. The maximum atomic E-state index is 12.6. The molecule has 0 saturated heterocycles. The van der Waals surface area contributed by atoms with Crippen LogP contribution in [-0.4, -0.2) is 28.2 Å². The van der Waals surface area contributed by atoms with Gasteiger partial charge in [0.2, 0.25) is 11.0 Å². The normalized spacial score (nSPS) is 11.9. The standard InChI is InChI=1S/C20H28N4O3S/c1-4-5-7-12-16-23-24-19(28-16)22-18(25)17(14(2)3)21-20(26)27-13-15-10-8-6-9-11-15/h6,8-11,14,17H,4-5,7,12-13H2,1-3H3,(H,21,26)(H,22,24,25)/t17-/m0/s1. The SMILES string of the molecule is CCCCCc1nnc(NC(=O)[C@@H](NC(=O)OCc2ccccc2)C(C)C)s1. The average Bonchev–Trinajstić information content (AvgIpc) is 3.12. The van der Waals surface area contributed by atoms with Crippen LogP contribution in [0.1, 0.15) is 50.6 Å². The lowest BCUT2D eigenvalue weighted by Gasteiger charge is -2.20. The number of rotatable bonds is 10. The molecule has 0 unspecified atom stereocenters. The van der Waals surface area contributed by atoms with Gasteiger partial charge in [-0.15, -0.1) is 10.2 Å². The van der Waals surface area contributed by atoms with Gasteiger partial charge >= 0.3 is 6.09 Å². The van der Waals surface area contributed by atoms with Gasteiger partial charge in [-0.25, -0.2) is 4.79 Å². The smallest absolute Gasteiger partial charge is 0.408 e. The maximum absolute atomic E-state index is 12.6. The highest BCUT2D eigenvalue weighted by molar-refractivity contribution is 7.15. The van der Waals surface area contributed by atoms with Gasteiger partial charge in [-0.2, -0.15) is 0 Å². The van der Waals surface area contributed by atoms with Crippen LogP contribution in [0.15, 0.2) is 30.3 Å². The Bertz CT molecular complexity index is 749. The van der Waals surface area contributed by atoms with Crippen LogP contribution in [0, 0.1) is 5.92 Å². The van der Waals surface area contributed by atoms with E-state index in [1.165, 1.54) is 11.3 Å². The van der Waals surface area contributed by atoms with E-state index < -0.39 is 12.1 Å². The molecular weight excluding hydrogens is 376 g/mol. The Balaban J connectivity index is 1.86. The molecule has 1 aromatic heterocycles. The fourth-order valence-electron chi connectivity index (χ4n) is 2.54. The number of aromatic nitrogens is 2. The predicted molar refractivity (Wildman–Crippen MR) is 110 cm³/mol. The van der Waals surface area contributed by atoms with Crippen LogP contribution >= 0.6 is 11.3 Å². The van der Waals surface area contributed by atoms with Crippen molar-refractivity contribution in [1.82, 2.24) is 15.5 Å². The molecule has 0 fully saturated rings. The second-order valence-electron chi connectivity index (χ2n) is 6.88. The first kappa shape index (κ1) is 21.8. The third-order valence-corrected chi connectivity index (χ3v) is 5.02. The van der Waals surface area contributed by atoms with Gasteiger partial charge in [-0.1, -0.05) is 75.3 Å². The zero-order valence-corrected chi connectivity index (χ0v) is 17.4. The van der Waals surface area contributed by atoms with E-state index in [-0.39, 0.29) is 18.4 Å². The number of aryl methyl sites for hydroxylation is 1. The number of nitrogens with one attached hydrogen (secondary N) is 2. The number of hydrogen-bond acceptors (Lipinski definition) is 6. The van der Waals surface area contributed by atoms with Gasteiger partial charge in [0.1, 0.15) is 17.7 Å². The lowest BCUT2D eigenvalue weighted by atomic mass is 10.0. The van der Waals surface area contributed by atoms with E-state index in [4.69, 9.17) is 4.74 Å². The number of anilines is 1. The third-order valence-electron chi connectivity index (χ3n) is 4.13. The van der Waals surface area contributed by atoms with E-state index >= 15 is 0 Å². The number of carbonyl (C=O) groups excluding carboxylic acids is 2. The Morgan fingerprint density at radius 3 is 2.57 bits per heavy atom. The molecule has 2 amide bonds. The fraction of sp³-hybridized carbons (Fsp3) is 0.500. The van der Waals surface area contributed by atoms with Crippen molar-refractivity contribution < 1.29 is 14.3 Å². The van der Waals surface area contributed by atoms with Gasteiger partial charge in [-0.05, 0) is 17.9 Å². The van der Waals surface area contributed by atoms with E-state index in [1.807, 2.05) is 44.2 Å². The topological polar surface area (TPSA) is 93.2 Å². The van der Waals surface area contributed by atoms with Gasteiger partial charge in [0.15, 0.2) is 0 Å². The summed E-state index contributed by atoms with van der Waals surface area (Å²) in [7, 11) is 0. The molecule has 0 spiro atoms. The molecular formula is C20H28N4O3S. The van der Waals surface area contributed by atoms with Crippen molar-refractivity contribution in [3.63, 3.8) is 0 Å². The Kier molecular flexibility index (Phi) is 8.87. The zero-order valence-electron chi connectivity index (χ0n) is 16.6. The number of unbranched alkanes of at least 4 members (excludes halogenated alkanes) is 2. The van der Waals surface area contributed by atoms with Crippen molar-refractivity contribution in [1.29, 1.82) is 0 Å². The molecule has 0 bridgehead atoms. The molecule has 2 rings (SSSR count). The summed E-state index contributed by atoms with van der Waals surface area (Å²) in [5.41, 5.74) is 0.882. The molecule has 8 heteroatoms. The Labute approximate surface area is 169 Å². The molecule has 0 aliphatic heterocycles. The first-order chi connectivity index (χ1) is 13.5. The van der Waals surface area contributed by atoms with Crippen LogP contribution in [0.25, 0.3) is 0 Å². The zero-order chi connectivity index (χ0) is 20.4. The summed E-state index contributed by atoms with van der Waals surface area (Å²) in [6.45, 7) is 6.02. The molecule has 2 N–H and O–H groups in total. The highest BCUT2D eigenvalue weighted by Gasteiger charge is 2.26. The molecule has 0 aliphatic rings. The fourth-order valence-corrected chi connectivity index (χ4v) is 3.33. The highest BCUT2D eigenvalue weighted by Crippen LogP contribution is 2.18. The predicted octanol–water partition coefficient (Wildman–Crippen LogP) is 4.16. The van der Waals surface area contributed by atoms with Crippen molar-refractivity contribution in [3.8, 4) is 0 Å². The molecule has 152 valence electrons. The summed E-state index contributed by atoms with van der Waals surface area (Å²) < 4.78 is 5.21. The van der Waals surface area contributed by atoms with Crippen molar-refractivity contribution in [3.05, 3.63) is 40.9 Å². The lowest BCUT2D eigenvalue weighted by molar-refractivity contribution is -0.119. The van der Waals surface area contributed by atoms with Crippen LogP contribution in [-0.2, 0) is 22.6 Å². The van der Waals surface area contributed by atoms with E-state index in [2.05, 4.69) is 27.8 Å². The number of nitrogens with zero attached hydrogens (tertiary/aromatic N) is 2. The number of hydrogen-bond donors (Lipinski definition) is 2. The first-order valence-electron chi connectivity index (χ1n) is 9.60. The maximum Gasteiger partial charge on any atom is 0.408 e. The molecule has 0 radical (unpaired) electrons. The quantitative estimate of drug-likeness (QED) is 0.580. The van der Waals surface area contributed by atoms with Crippen molar-refractivity contribution in [2.24, 2.45) is 5.92 Å². The minimum atomic E-state index is -0.726. The van der Waals surface area contributed by atoms with Crippen molar-refractivity contribution in [2.45, 2.75) is 59.1 Å². The molecule has 1 aromatic carbocycles. The summed E-state index contributed by atoms with van der Waals surface area (Å²) in [5, 5.41) is 14.9. The monoisotopic (exact) mass is 404 g/mol. The van der Waals surface area contributed by atoms with Gasteiger partial charge in [-0.3, -0.25) is 10.1 Å². The molecule has 1 atom stereocenters. The van der Waals surface area contributed by atoms with Gasteiger partial charge < -0.3 is 10.1 Å². The van der Waals surface area contributed by atoms with Crippen LogP contribution in [0.2, 0.25) is 0 Å². The van der Waals surface area contributed by atoms with Gasteiger partial charge in [0, 0.05) is 6.42 Å². The van der Waals surface area contributed by atoms with E-state index in [9.17, 15) is 9.59 Å². The van der Waals surface area contributed by atoms with Gasteiger partial charge in [0.25, 0.3) is 0 Å².